The SMILES string of the molecule is CC(C)(C)OC(=O)N1CC(C=O)N(C(=O)OCc2ccccc2)C1=O. The summed E-state index contributed by atoms with van der Waals surface area (Å²) in [6, 6.07) is 6.83. The van der Waals surface area contributed by atoms with Crippen molar-refractivity contribution in [1.82, 2.24) is 9.80 Å². The van der Waals surface area contributed by atoms with Gasteiger partial charge in [-0.15, -0.1) is 0 Å². The number of ether oxygens (including phenoxy) is 2. The van der Waals surface area contributed by atoms with E-state index in [9.17, 15) is 19.2 Å². The standard InChI is InChI=1S/C17H20N2O6/c1-17(2,3)25-15(22)18-9-13(10-20)19(14(18)21)16(23)24-11-12-7-5-4-6-8-12/h4-8,10,13H,9,11H2,1-3H3. The van der Waals surface area contributed by atoms with E-state index in [2.05, 4.69) is 0 Å². The highest BCUT2D eigenvalue weighted by molar-refractivity contribution is 6.03. The first-order valence-corrected chi connectivity index (χ1v) is 7.72. The lowest BCUT2D eigenvalue weighted by atomic mass is 10.2. The Morgan fingerprint density at radius 2 is 1.84 bits per heavy atom. The second kappa shape index (κ2) is 7.33. The normalized spacial score (nSPS) is 17.4. The molecule has 0 bridgehead atoms. The molecule has 0 radical (unpaired) electrons. The molecule has 134 valence electrons. The van der Waals surface area contributed by atoms with Gasteiger partial charge in [0.1, 0.15) is 24.5 Å². The minimum Gasteiger partial charge on any atom is -0.444 e. The number of urea groups is 1. The first-order valence-electron chi connectivity index (χ1n) is 7.72. The Morgan fingerprint density at radius 3 is 2.40 bits per heavy atom. The van der Waals surface area contributed by atoms with Crippen LogP contribution >= 0.6 is 0 Å². The fraction of sp³-hybridized carbons (Fsp3) is 0.412. The van der Waals surface area contributed by atoms with Gasteiger partial charge in [-0.25, -0.2) is 24.2 Å². The van der Waals surface area contributed by atoms with Gasteiger partial charge in [0.15, 0.2) is 0 Å². The molecule has 0 aliphatic carbocycles. The third-order valence-electron chi connectivity index (χ3n) is 3.31. The molecule has 1 aliphatic heterocycles. The number of hydrogen-bond donors (Lipinski definition) is 0. The third-order valence-corrected chi connectivity index (χ3v) is 3.31. The number of aldehydes is 1. The molecule has 1 fully saturated rings. The van der Waals surface area contributed by atoms with E-state index in [1.54, 1.807) is 45.0 Å². The van der Waals surface area contributed by atoms with Crippen LogP contribution in [-0.4, -0.2) is 52.5 Å². The summed E-state index contributed by atoms with van der Waals surface area (Å²) in [6.07, 6.45) is -1.48. The molecule has 4 amide bonds. The molecule has 2 rings (SSSR count). The highest BCUT2D eigenvalue weighted by Gasteiger charge is 2.46. The molecule has 1 aromatic carbocycles. The van der Waals surface area contributed by atoms with Gasteiger partial charge >= 0.3 is 18.2 Å². The van der Waals surface area contributed by atoms with Crippen LogP contribution in [0.5, 0.6) is 0 Å². The molecule has 1 atom stereocenters. The lowest BCUT2D eigenvalue weighted by molar-refractivity contribution is -0.110. The van der Waals surface area contributed by atoms with E-state index >= 15 is 0 Å². The van der Waals surface area contributed by atoms with Crippen LogP contribution in [0, 0.1) is 0 Å². The van der Waals surface area contributed by atoms with Crippen molar-refractivity contribution in [3.63, 3.8) is 0 Å². The number of nitrogens with zero attached hydrogens (tertiary/aromatic N) is 2. The first-order chi connectivity index (χ1) is 11.7. The maximum Gasteiger partial charge on any atom is 0.419 e. The fourth-order valence-electron chi connectivity index (χ4n) is 2.19. The van der Waals surface area contributed by atoms with E-state index in [0.717, 1.165) is 5.56 Å². The van der Waals surface area contributed by atoms with Crippen molar-refractivity contribution < 1.29 is 28.7 Å². The quantitative estimate of drug-likeness (QED) is 0.779. The van der Waals surface area contributed by atoms with Crippen LogP contribution in [0.15, 0.2) is 30.3 Å². The largest absolute Gasteiger partial charge is 0.444 e. The van der Waals surface area contributed by atoms with E-state index in [4.69, 9.17) is 9.47 Å². The Hall–Kier alpha value is -2.90. The number of amides is 4. The van der Waals surface area contributed by atoms with Crippen LogP contribution < -0.4 is 0 Å². The van der Waals surface area contributed by atoms with E-state index < -0.39 is 29.9 Å². The van der Waals surface area contributed by atoms with Gasteiger partial charge in [-0.2, -0.15) is 0 Å². The molecule has 0 aromatic heterocycles. The molecular weight excluding hydrogens is 328 g/mol. The second-order valence-electron chi connectivity index (χ2n) is 6.49. The molecule has 1 heterocycles. The van der Waals surface area contributed by atoms with Gasteiger partial charge in [0.25, 0.3) is 0 Å². The summed E-state index contributed by atoms with van der Waals surface area (Å²) < 4.78 is 10.2. The van der Waals surface area contributed by atoms with Gasteiger partial charge in [0, 0.05) is 0 Å². The Bertz CT molecular complexity index is 667. The van der Waals surface area contributed by atoms with Gasteiger partial charge in [-0.1, -0.05) is 30.3 Å². The Kier molecular flexibility index (Phi) is 5.41. The van der Waals surface area contributed by atoms with E-state index in [-0.39, 0.29) is 13.2 Å². The first kappa shape index (κ1) is 18.4. The molecule has 0 N–H and O–H groups in total. The van der Waals surface area contributed by atoms with Crippen molar-refractivity contribution in [1.29, 1.82) is 0 Å². The summed E-state index contributed by atoms with van der Waals surface area (Å²) in [6.45, 7) is 4.62. The Morgan fingerprint density at radius 1 is 1.20 bits per heavy atom. The molecule has 8 heteroatoms. The minimum absolute atomic E-state index is 0.0541. The predicted molar refractivity (Wildman–Crippen MR) is 86.7 cm³/mol. The summed E-state index contributed by atoms with van der Waals surface area (Å²) in [4.78, 5) is 49.2. The summed E-state index contributed by atoms with van der Waals surface area (Å²) in [7, 11) is 0. The topological polar surface area (TPSA) is 93.2 Å². The van der Waals surface area contributed by atoms with Crippen molar-refractivity contribution >= 4 is 24.5 Å². The maximum absolute atomic E-state index is 12.3. The molecule has 1 aromatic rings. The highest BCUT2D eigenvalue weighted by atomic mass is 16.6. The van der Waals surface area contributed by atoms with Gasteiger partial charge in [-0.3, -0.25) is 0 Å². The van der Waals surface area contributed by atoms with Crippen LogP contribution in [0.1, 0.15) is 26.3 Å². The Balaban J connectivity index is 2.05. The van der Waals surface area contributed by atoms with E-state index in [1.165, 1.54) is 0 Å². The molecule has 25 heavy (non-hydrogen) atoms. The van der Waals surface area contributed by atoms with Gasteiger partial charge in [-0.05, 0) is 26.3 Å². The number of carbonyl (C=O) groups is 4. The van der Waals surface area contributed by atoms with Crippen LogP contribution in [0.4, 0.5) is 14.4 Å². The smallest absolute Gasteiger partial charge is 0.419 e. The molecule has 1 unspecified atom stereocenters. The third kappa shape index (κ3) is 4.56. The average Bonchev–Trinajstić information content (AvgIpc) is 2.89. The number of imide groups is 2. The van der Waals surface area contributed by atoms with Crippen molar-refractivity contribution in [2.75, 3.05) is 6.54 Å². The van der Waals surface area contributed by atoms with Crippen LogP contribution in [0.3, 0.4) is 0 Å². The van der Waals surface area contributed by atoms with Crippen LogP contribution in [-0.2, 0) is 20.9 Å². The molecular formula is C17H20N2O6. The Labute approximate surface area is 145 Å². The lowest BCUT2D eigenvalue weighted by Gasteiger charge is -2.23. The van der Waals surface area contributed by atoms with Gasteiger partial charge in [0.05, 0.1) is 6.54 Å². The summed E-state index contributed by atoms with van der Waals surface area (Å²) in [5.74, 6) is 0. The zero-order chi connectivity index (χ0) is 18.6. The summed E-state index contributed by atoms with van der Waals surface area (Å²) in [5.41, 5.74) is -0.0795. The highest BCUT2D eigenvalue weighted by Crippen LogP contribution is 2.20. The second-order valence-corrected chi connectivity index (χ2v) is 6.49. The van der Waals surface area contributed by atoms with Crippen molar-refractivity contribution in [3.05, 3.63) is 35.9 Å². The van der Waals surface area contributed by atoms with E-state index in [1.807, 2.05) is 6.07 Å². The number of hydrogen-bond acceptors (Lipinski definition) is 6. The predicted octanol–water partition coefficient (Wildman–Crippen LogP) is 2.56. The zero-order valence-corrected chi connectivity index (χ0v) is 14.3. The fourth-order valence-corrected chi connectivity index (χ4v) is 2.19. The molecule has 8 nitrogen and oxygen atoms in total. The van der Waals surface area contributed by atoms with E-state index in [0.29, 0.717) is 16.1 Å². The molecule has 1 saturated heterocycles. The van der Waals surface area contributed by atoms with Crippen molar-refractivity contribution in [2.45, 2.75) is 39.0 Å². The van der Waals surface area contributed by atoms with Crippen molar-refractivity contribution in [3.8, 4) is 0 Å². The van der Waals surface area contributed by atoms with Crippen LogP contribution in [0.25, 0.3) is 0 Å². The molecule has 0 spiro atoms. The van der Waals surface area contributed by atoms with Gasteiger partial charge in [0.2, 0.25) is 0 Å². The van der Waals surface area contributed by atoms with Crippen molar-refractivity contribution in [2.24, 2.45) is 0 Å². The maximum atomic E-state index is 12.3. The summed E-state index contributed by atoms with van der Waals surface area (Å²) in [5, 5.41) is 0. The zero-order valence-electron chi connectivity index (χ0n) is 14.3. The number of carbonyl (C=O) groups excluding carboxylic acids is 4. The monoisotopic (exact) mass is 348 g/mol. The molecule has 0 saturated carbocycles. The average molecular weight is 348 g/mol. The lowest BCUT2D eigenvalue weighted by Crippen LogP contribution is -2.43. The number of rotatable bonds is 3. The number of benzene rings is 1. The minimum atomic E-state index is -1.11. The van der Waals surface area contributed by atoms with Crippen LogP contribution in [0.2, 0.25) is 0 Å². The molecule has 1 aliphatic rings. The summed E-state index contributed by atoms with van der Waals surface area (Å²) >= 11 is 0. The van der Waals surface area contributed by atoms with Gasteiger partial charge < -0.3 is 14.3 Å².